The standard InChI is InChI=1S/C16H25N5O3/c1-5-8-21-9-6-13(15(21)22)19(2)16(23)17-14-11-12(7-10-24-4)18-20(14)3/h5,11,13H,1,6-10H2,2-4H3,(H,17,23)/t13-/m1/s1. The second-order valence-electron chi connectivity index (χ2n) is 5.81. The van der Waals surface area contributed by atoms with Crippen LogP contribution in [0.25, 0.3) is 0 Å². The first-order valence-corrected chi connectivity index (χ1v) is 7.93. The van der Waals surface area contributed by atoms with Gasteiger partial charge in [0.1, 0.15) is 11.9 Å². The number of aryl methyl sites for hydroxylation is 1. The number of likely N-dealkylation sites (N-methyl/N-ethyl adjacent to an activating group) is 1. The van der Waals surface area contributed by atoms with Gasteiger partial charge in [-0.1, -0.05) is 6.08 Å². The molecule has 1 aliphatic heterocycles. The number of carbonyl (C=O) groups is 2. The molecule has 0 aliphatic carbocycles. The van der Waals surface area contributed by atoms with Gasteiger partial charge in [0.15, 0.2) is 0 Å². The van der Waals surface area contributed by atoms with E-state index in [0.717, 1.165) is 5.69 Å². The van der Waals surface area contributed by atoms with Crippen molar-refractivity contribution in [1.29, 1.82) is 0 Å². The summed E-state index contributed by atoms with van der Waals surface area (Å²) in [5.41, 5.74) is 0.839. The van der Waals surface area contributed by atoms with E-state index in [0.29, 0.717) is 38.4 Å². The maximum Gasteiger partial charge on any atom is 0.323 e. The molecule has 1 fully saturated rings. The number of carbonyl (C=O) groups excluding carboxylic acids is 2. The fourth-order valence-electron chi connectivity index (χ4n) is 2.73. The lowest BCUT2D eigenvalue weighted by atomic mass is 10.2. The lowest BCUT2D eigenvalue weighted by molar-refractivity contribution is -0.130. The van der Waals surface area contributed by atoms with Gasteiger partial charge in [0.2, 0.25) is 5.91 Å². The zero-order valence-electron chi connectivity index (χ0n) is 14.5. The van der Waals surface area contributed by atoms with E-state index in [-0.39, 0.29) is 11.9 Å². The summed E-state index contributed by atoms with van der Waals surface area (Å²) in [6.07, 6.45) is 2.99. The first-order chi connectivity index (χ1) is 11.5. The normalized spacial score (nSPS) is 17.2. The van der Waals surface area contributed by atoms with Crippen LogP contribution in [0.4, 0.5) is 10.6 Å². The molecule has 2 heterocycles. The molecule has 0 radical (unpaired) electrons. The van der Waals surface area contributed by atoms with E-state index in [1.165, 1.54) is 4.90 Å². The Bertz CT molecular complexity index is 613. The van der Waals surface area contributed by atoms with Crippen molar-refractivity contribution >= 4 is 17.8 Å². The summed E-state index contributed by atoms with van der Waals surface area (Å²) in [4.78, 5) is 27.9. The molecule has 1 aromatic rings. The van der Waals surface area contributed by atoms with E-state index in [9.17, 15) is 9.59 Å². The Balaban J connectivity index is 1.98. The van der Waals surface area contributed by atoms with Gasteiger partial charge < -0.3 is 14.5 Å². The number of hydrogen-bond acceptors (Lipinski definition) is 4. The number of amides is 3. The van der Waals surface area contributed by atoms with E-state index in [2.05, 4.69) is 17.0 Å². The van der Waals surface area contributed by atoms with Crippen LogP contribution in [0.15, 0.2) is 18.7 Å². The summed E-state index contributed by atoms with van der Waals surface area (Å²) in [6.45, 7) is 5.36. The molecule has 2 rings (SSSR count). The van der Waals surface area contributed by atoms with Crippen LogP contribution in [0.2, 0.25) is 0 Å². The molecule has 0 bridgehead atoms. The summed E-state index contributed by atoms with van der Waals surface area (Å²) in [5.74, 6) is 0.546. The van der Waals surface area contributed by atoms with Gasteiger partial charge >= 0.3 is 6.03 Å². The largest absolute Gasteiger partial charge is 0.384 e. The van der Waals surface area contributed by atoms with Crippen LogP contribution in [0.5, 0.6) is 0 Å². The number of methoxy groups -OCH3 is 1. The Morgan fingerprint density at radius 3 is 3.04 bits per heavy atom. The van der Waals surface area contributed by atoms with Crippen LogP contribution in [0, 0.1) is 0 Å². The fourth-order valence-corrected chi connectivity index (χ4v) is 2.73. The lowest BCUT2D eigenvalue weighted by Crippen LogP contribution is -2.44. The van der Waals surface area contributed by atoms with Crippen LogP contribution in [-0.4, -0.2) is 71.4 Å². The summed E-state index contributed by atoms with van der Waals surface area (Å²) in [5, 5.41) is 7.13. The molecule has 1 atom stereocenters. The van der Waals surface area contributed by atoms with Crippen molar-refractivity contribution in [3.8, 4) is 0 Å². The van der Waals surface area contributed by atoms with Crippen LogP contribution >= 0.6 is 0 Å². The maximum atomic E-state index is 12.4. The third-order valence-electron chi connectivity index (χ3n) is 4.13. The average molecular weight is 335 g/mol. The van der Waals surface area contributed by atoms with Gasteiger partial charge in [-0.25, -0.2) is 4.79 Å². The van der Waals surface area contributed by atoms with Gasteiger partial charge in [0.25, 0.3) is 0 Å². The highest BCUT2D eigenvalue weighted by molar-refractivity contribution is 5.94. The highest BCUT2D eigenvalue weighted by atomic mass is 16.5. The van der Waals surface area contributed by atoms with Gasteiger partial charge in [0.05, 0.1) is 12.3 Å². The molecule has 132 valence electrons. The van der Waals surface area contributed by atoms with Gasteiger partial charge in [0, 0.05) is 46.8 Å². The quantitative estimate of drug-likeness (QED) is 0.750. The Kier molecular flexibility index (Phi) is 5.97. The SMILES string of the molecule is C=CCN1CC[C@@H](N(C)C(=O)Nc2cc(CCOC)nn2C)C1=O. The molecule has 3 amide bonds. The Morgan fingerprint density at radius 1 is 1.62 bits per heavy atom. The maximum absolute atomic E-state index is 12.4. The van der Waals surface area contributed by atoms with Crippen molar-refractivity contribution in [1.82, 2.24) is 19.6 Å². The second kappa shape index (κ2) is 7.96. The monoisotopic (exact) mass is 335 g/mol. The van der Waals surface area contributed by atoms with Crippen molar-refractivity contribution < 1.29 is 14.3 Å². The molecule has 1 N–H and O–H groups in total. The molecule has 1 aliphatic rings. The molecule has 24 heavy (non-hydrogen) atoms. The van der Waals surface area contributed by atoms with Crippen LogP contribution in [-0.2, 0) is 23.0 Å². The Hall–Kier alpha value is -2.35. The van der Waals surface area contributed by atoms with Gasteiger partial charge in [-0.15, -0.1) is 6.58 Å². The zero-order chi connectivity index (χ0) is 17.7. The average Bonchev–Trinajstić information content (AvgIpc) is 3.09. The minimum absolute atomic E-state index is 0.0432. The molecule has 0 saturated carbocycles. The van der Waals surface area contributed by atoms with Crippen LogP contribution in [0.1, 0.15) is 12.1 Å². The van der Waals surface area contributed by atoms with E-state index >= 15 is 0 Å². The molecule has 0 aromatic carbocycles. The van der Waals surface area contributed by atoms with Crippen molar-refractivity contribution in [2.75, 3.05) is 39.2 Å². The van der Waals surface area contributed by atoms with Crippen LogP contribution in [0.3, 0.4) is 0 Å². The van der Waals surface area contributed by atoms with Crippen LogP contribution < -0.4 is 5.32 Å². The number of urea groups is 1. The van der Waals surface area contributed by atoms with E-state index in [1.54, 1.807) is 36.9 Å². The molecule has 1 saturated heterocycles. The van der Waals surface area contributed by atoms with E-state index in [4.69, 9.17) is 4.74 Å². The van der Waals surface area contributed by atoms with E-state index in [1.807, 2.05) is 6.07 Å². The van der Waals surface area contributed by atoms with Gasteiger partial charge in [-0.05, 0) is 6.42 Å². The minimum Gasteiger partial charge on any atom is -0.384 e. The highest BCUT2D eigenvalue weighted by Gasteiger charge is 2.36. The number of aromatic nitrogens is 2. The predicted octanol–water partition coefficient (Wildman–Crippen LogP) is 0.860. The number of rotatable bonds is 7. The van der Waals surface area contributed by atoms with E-state index < -0.39 is 6.04 Å². The third kappa shape index (κ3) is 3.94. The number of hydrogen-bond donors (Lipinski definition) is 1. The first kappa shape index (κ1) is 18.0. The predicted molar refractivity (Wildman–Crippen MR) is 90.8 cm³/mol. The van der Waals surface area contributed by atoms with Crippen molar-refractivity contribution in [3.05, 3.63) is 24.4 Å². The van der Waals surface area contributed by atoms with Gasteiger partial charge in [-0.2, -0.15) is 5.10 Å². The number of anilines is 1. The Morgan fingerprint density at radius 2 is 2.38 bits per heavy atom. The second-order valence-corrected chi connectivity index (χ2v) is 5.81. The molecule has 1 aromatic heterocycles. The smallest absolute Gasteiger partial charge is 0.323 e. The number of nitrogens with zero attached hydrogens (tertiary/aromatic N) is 4. The zero-order valence-corrected chi connectivity index (χ0v) is 14.5. The minimum atomic E-state index is -0.439. The topological polar surface area (TPSA) is 79.7 Å². The van der Waals surface area contributed by atoms with Crippen molar-refractivity contribution in [2.24, 2.45) is 7.05 Å². The molecule has 8 heteroatoms. The molecular formula is C16H25N5O3. The number of likely N-dealkylation sites (tertiary alicyclic amines) is 1. The summed E-state index contributed by atoms with van der Waals surface area (Å²) < 4.78 is 6.64. The lowest BCUT2D eigenvalue weighted by Gasteiger charge is -2.23. The summed E-state index contributed by atoms with van der Waals surface area (Å²) >= 11 is 0. The third-order valence-corrected chi connectivity index (χ3v) is 4.13. The van der Waals surface area contributed by atoms with Crippen molar-refractivity contribution in [3.63, 3.8) is 0 Å². The molecule has 0 unspecified atom stereocenters. The summed E-state index contributed by atoms with van der Waals surface area (Å²) in [7, 11) is 5.03. The first-order valence-electron chi connectivity index (χ1n) is 7.93. The Labute approximate surface area is 142 Å². The van der Waals surface area contributed by atoms with Crippen molar-refractivity contribution in [2.45, 2.75) is 18.9 Å². The summed E-state index contributed by atoms with van der Waals surface area (Å²) in [6, 6.07) is 1.05. The number of ether oxygens (including phenoxy) is 1. The van der Waals surface area contributed by atoms with Gasteiger partial charge in [-0.3, -0.25) is 14.8 Å². The highest BCUT2D eigenvalue weighted by Crippen LogP contribution is 2.18. The molecular weight excluding hydrogens is 310 g/mol. The molecule has 0 spiro atoms. The molecule has 8 nitrogen and oxygen atoms in total. The number of nitrogens with one attached hydrogen (secondary N) is 1. The fraction of sp³-hybridized carbons (Fsp3) is 0.562.